The Hall–Kier alpha value is -3.67. The molecule has 2 N–H and O–H groups in total. The Morgan fingerprint density at radius 1 is 0.964 bits per heavy atom. The van der Waals surface area contributed by atoms with Crippen molar-refractivity contribution in [2.75, 3.05) is 19.0 Å². The standard InChI is InChI=1S/C22H21N3O3/c1-28-22(27)17-7-9-18(10-8-17)25-19-12-14-23-20(15-19)21(26)24-13-11-16-5-3-2-4-6-16/h2-10,12,14-15H,11,13H2,1H3,(H,23,25)(H,24,26). The number of benzene rings is 2. The number of carbonyl (C=O) groups excluding carboxylic acids is 2. The lowest BCUT2D eigenvalue weighted by Crippen LogP contribution is -2.26. The van der Waals surface area contributed by atoms with E-state index in [1.807, 2.05) is 30.3 Å². The molecule has 1 amide bonds. The number of amides is 1. The average Bonchev–Trinajstić information content (AvgIpc) is 2.74. The summed E-state index contributed by atoms with van der Waals surface area (Å²) in [4.78, 5) is 28.0. The van der Waals surface area contributed by atoms with E-state index in [4.69, 9.17) is 0 Å². The van der Waals surface area contributed by atoms with Crippen LogP contribution in [0.3, 0.4) is 0 Å². The van der Waals surface area contributed by atoms with Gasteiger partial charge in [-0.3, -0.25) is 9.78 Å². The lowest BCUT2D eigenvalue weighted by Gasteiger charge is -2.09. The zero-order valence-electron chi connectivity index (χ0n) is 15.5. The van der Waals surface area contributed by atoms with Crippen molar-refractivity contribution in [2.45, 2.75) is 6.42 Å². The maximum atomic E-state index is 12.3. The van der Waals surface area contributed by atoms with Gasteiger partial charge in [0.05, 0.1) is 12.7 Å². The molecule has 6 nitrogen and oxygen atoms in total. The summed E-state index contributed by atoms with van der Waals surface area (Å²) >= 11 is 0. The molecule has 2 aromatic carbocycles. The molecular weight excluding hydrogens is 354 g/mol. The highest BCUT2D eigenvalue weighted by molar-refractivity contribution is 5.93. The van der Waals surface area contributed by atoms with Gasteiger partial charge < -0.3 is 15.4 Å². The third-order valence-electron chi connectivity index (χ3n) is 4.13. The van der Waals surface area contributed by atoms with Crippen LogP contribution in [-0.2, 0) is 11.2 Å². The van der Waals surface area contributed by atoms with Crippen LogP contribution in [0.2, 0.25) is 0 Å². The topological polar surface area (TPSA) is 80.3 Å². The van der Waals surface area contributed by atoms with Crippen LogP contribution >= 0.6 is 0 Å². The van der Waals surface area contributed by atoms with E-state index in [1.54, 1.807) is 42.6 Å². The van der Waals surface area contributed by atoms with Crippen LogP contribution in [0.1, 0.15) is 26.4 Å². The zero-order valence-corrected chi connectivity index (χ0v) is 15.5. The van der Waals surface area contributed by atoms with Crippen molar-refractivity contribution in [3.63, 3.8) is 0 Å². The van der Waals surface area contributed by atoms with Crippen LogP contribution < -0.4 is 10.6 Å². The van der Waals surface area contributed by atoms with Crippen molar-refractivity contribution in [1.29, 1.82) is 0 Å². The zero-order chi connectivity index (χ0) is 19.8. The molecule has 0 saturated heterocycles. The van der Waals surface area contributed by atoms with Gasteiger partial charge in [-0.15, -0.1) is 0 Å². The van der Waals surface area contributed by atoms with E-state index in [-0.39, 0.29) is 11.9 Å². The minimum absolute atomic E-state index is 0.222. The molecule has 6 heteroatoms. The van der Waals surface area contributed by atoms with E-state index in [0.717, 1.165) is 17.8 Å². The van der Waals surface area contributed by atoms with E-state index in [0.29, 0.717) is 17.8 Å². The van der Waals surface area contributed by atoms with Crippen LogP contribution in [0.15, 0.2) is 72.9 Å². The first kappa shape index (κ1) is 19.1. The third kappa shape index (κ3) is 5.17. The largest absolute Gasteiger partial charge is 0.465 e. The third-order valence-corrected chi connectivity index (χ3v) is 4.13. The minimum Gasteiger partial charge on any atom is -0.465 e. The number of rotatable bonds is 7. The van der Waals surface area contributed by atoms with E-state index in [9.17, 15) is 9.59 Å². The lowest BCUT2D eigenvalue weighted by molar-refractivity contribution is 0.0600. The number of esters is 1. The monoisotopic (exact) mass is 375 g/mol. The summed E-state index contributed by atoms with van der Waals surface area (Å²) in [5, 5.41) is 6.08. The summed E-state index contributed by atoms with van der Waals surface area (Å²) in [6.07, 6.45) is 2.34. The van der Waals surface area contributed by atoms with Gasteiger partial charge >= 0.3 is 5.97 Å². The Morgan fingerprint density at radius 2 is 1.71 bits per heavy atom. The molecule has 0 bridgehead atoms. The minimum atomic E-state index is -0.384. The normalized spacial score (nSPS) is 10.2. The highest BCUT2D eigenvalue weighted by Gasteiger charge is 2.08. The quantitative estimate of drug-likeness (QED) is 0.617. The number of hydrogen-bond acceptors (Lipinski definition) is 5. The SMILES string of the molecule is COC(=O)c1ccc(Nc2ccnc(C(=O)NCCc3ccccc3)c2)cc1. The number of ether oxygens (including phenoxy) is 1. The molecule has 0 spiro atoms. The summed E-state index contributed by atoms with van der Waals surface area (Å²) in [6.45, 7) is 0.539. The van der Waals surface area contributed by atoms with Crippen LogP contribution in [-0.4, -0.2) is 30.5 Å². The smallest absolute Gasteiger partial charge is 0.337 e. The molecule has 0 atom stereocenters. The van der Waals surface area contributed by atoms with E-state index >= 15 is 0 Å². The fraction of sp³-hybridized carbons (Fsp3) is 0.136. The van der Waals surface area contributed by atoms with E-state index < -0.39 is 0 Å². The van der Waals surface area contributed by atoms with Gasteiger partial charge in [-0.25, -0.2) is 4.79 Å². The van der Waals surface area contributed by atoms with Crippen LogP contribution in [0.25, 0.3) is 0 Å². The number of aromatic nitrogens is 1. The molecule has 0 aliphatic rings. The van der Waals surface area contributed by atoms with Gasteiger partial charge in [-0.05, 0) is 48.4 Å². The molecule has 1 heterocycles. The van der Waals surface area contributed by atoms with Crippen molar-refractivity contribution in [3.8, 4) is 0 Å². The molecule has 0 fully saturated rings. The van der Waals surface area contributed by atoms with E-state index in [1.165, 1.54) is 12.7 Å². The Kier molecular flexibility index (Phi) is 6.36. The van der Waals surface area contributed by atoms with Crippen LogP contribution in [0, 0.1) is 0 Å². The summed E-state index contributed by atoms with van der Waals surface area (Å²) in [7, 11) is 1.35. The Bertz CT molecular complexity index is 941. The molecular formula is C22H21N3O3. The second-order valence-electron chi connectivity index (χ2n) is 6.12. The van der Waals surface area contributed by atoms with Crippen molar-refractivity contribution in [1.82, 2.24) is 10.3 Å². The molecule has 0 aliphatic heterocycles. The molecule has 0 radical (unpaired) electrons. The molecule has 142 valence electrons. The first-order valence-corrected chi connectivity index (χ1v) is 8.89. The number of nitrogens with zero attached hydrogens (tertiary/aromatic N) is 1. The number of hydrogen-bond donors (Lipinski definition) is 2. The highest BCUT2D eigenvalue weighted by atomic mass is 16.5. The molecule has 3 rings (SSSR count). The summed E-state index contributed by atoms with van der Waals surface area (Å²) in [6, 6.07) is 20.3. The van der Waals surface area contributed by atoms with Crippen molar-refractivity contribution in [3.05, 3.63) is 89.7 Å². The number of methoxy groups -OCH3 is 1. The lowest BCUT2D eigenvalue weighted by atomic mass is 10.1. The van der Waals surface area contributed by atoms with Gasteiger partial charge in [-0.2, -0.15) is 0 Å². The van der Waals surface area contributed by atoms with E-state index in [2.05, 4.69) is 20.4 Å². The van der Waals surface area contributed by atoms with Crippen LogP contribution in [0.4, 0.5) is 11.4 Å². The maximum absolute atomic E-state index is 12.3. The molecule has 3 aromatic rings. The first-order valence-electron chi connectivity index (χ1n) is 8.89. The first-order chi connectivity index (χ1) is 13.7. The predicted octanol–water partition coefficient (Wildman–Crippen LogP) is 3.58. The Labute approximate surface area is 163 Å². The van der Waals surface area contributed by atoms with Crippen LogP contribution in [0.5, 0.6) is 0 Å². The average molecular weight is 375 g/mol. The molecule has 0 saturated carbocycles. The summed E-state index contributed by atoms with van der Waals surface area (Å²) < 4.78 is 4.68. The fourth-order valence-corrected chi connectivity index (χ4v) is 2.66. The van der Waals surface area contributed by atoms with Crippen molar-refractivity contribution in [2.24, 2.45) is 0 Å². The van der Waals surface area contributed by atoms with Gasteiger partial charge in [-0.1, -0.05) is 30.3 Å². The van der Waals surface area contributed by atoms with Crippen molar-refractivity contribution >= 4 is 23.3 Å². The second kappa shape index (κ2) is 9.32. The molecule has 0 unspecified atom stereocenters. The van der Waals surface area contributed by atoms with Crippen molar-refractivity contribution < 1.29 is 14.3 Å². The second-order valence-corrected chi connectivity index (χ2v) is 6.12. The maximum Gasteiger partial charge on any atom is 0.337 e. The predicted molar refractivity (Wildman–Crippen MR) is 108 cm³/mol. The van der Waals surface area contributed by atoms with Gasteiger partial charge in [0.1, 0.15) is 5.69 Å². The summed E-state index contributed by atoms with van der Waals surface area (Å²) in [5.74, 6) is -0.606. The molecule has 0 aliphatic carbocycles. The van der Waals surface area contributed by atoms with Gasteiger partial charge in [0, 0.05) is 24.1 Å². The molecule has 28 heavy (non-hydrogen) atoms. The van der Waals surface area contributed by atoms with Gasteiger partial charge in [0.25, 0.3) is 5.91 Å². The highest BCUT2D eigenvalue weighted by Crippen LogP contribution is 2.18. The van der Waals surface area contributed by atoms with Gasteiger partial charge in [0.2, 0.25) is 0 Å². The number of pyridine rings is 1. The fourth-order valence-electron chi connectivity index (χ4n) is 2.66. The Balaban J connectivity index is 1.58. The molecule has 1 aromatic heterocycles. The Morgan fingerprint density at radius 3 is 2.43 bits per heavy atom. The number of anilines is 2. The number of nitrogens with one attached hydrogen (secondary N) is 2. The van der Waals surface area contributed by atoms with Gasteiger partial charge in [0.15, 0.2) is 0 Å². The summed E-state index contributed by atoms with van der Waals surface area (Å²) in [5.41, 5.74) is 3.50. The number of carbonyl (C=O) groups is 2.